The molecule has 1 aliphatic rings. The molecule has 0 unspecified atom stereocenters. The lowest BCUT2D eigenvalue weighted by atomic mass is 10.1. The Morgan fingerprint density at radius 3 is 2.88 bits per heavy atom. The van der Waals surface area contributed by atoms with Gasteiger partial charge in [0.25, 0.3) is 0 Å². The summed E-state index contributed by atoms with van der Waals surface area (Å²) >= 11 is 0. The van der Waals surface area contributed by atoms with Gasteiger partial charge in [0.05, 0.1) is 6.20 Å². The van der Waals surface area contributed by atoms with Crippen LogP contribution in [0.15, 0.2) is 24.5 Å². The van der Waals surface area contributed by atoms with E-state index in [-0.39, 0.29) is 12.0 Å². The van der Waals surface area contributed by atoms with Gasteiger partial charge in [0.1, 0.15) is 11.9 Å². The van der Waals surface area contributed by atoms with E-state index in [4.69, 9.17) is 4.74 Å². The zero-order valence-electron chi connectivity index (χ0n) is 10.1. The number of piperidine rings is 1. The highest BCUT2D eigenvalue weighted by Crippen LogP contribution is 2.18. The van der Waals surface area contributed by atoms with E-state index in [2.05, 4.69) is 4.98 Å². The van der Waals surface area contributed by atoms with E-state index < -0.39 is 0 Å². The molecule has 0 saturated carbocycles. The average molecular weight is 234 g/mol. The van der Waals surface area contributed by atoms with Crippen LogP contribution in [0, 0.1) is 0 Å². The van der Waals surface area contributed by atoms with E-state index in [0.29, 0.717) is 6.42 Å². The van der Waals surface area contributed by atoms with Crippen molar-refractivity contribution < 1.29 is 9.53 Å². The highest BCUT2D eigenvalue weighted by atomic mass is 16.5. The van der Waals surface area contributed by atoms with Crippen LogP contribution in [0.4, 0.5) is 0 Å². The van der Waals surface area contributed by atoms with Gasteiger partial charge in [0, 0.05) is 38.5 Å². The summed E-state index contributed by atoms with van der Waals surface area (Å²) in [6, 6.07) is 3.78. The number of rotatable bonds is 3. The molecule has 0 aliphatic carbocycles. The lowest BCUT2D eigenvalue weighted by Gasteiger charge is -2.32. The fourth-order valence-corrected chi connectivity index (χ4v) is 2.06. The van der Waals surface area contributed by atoms with Crippen LogP contribution in [0.1, 0.15) is 26.2 Å². The molecule has 1 amide bonds. The van der Waals surface area contributed by atoms with Crippen LogP contribution in [-0.4, -0.2) is 35.0 Å². The van der Waals surface area contributed by atoms with Crippen molar-refractivity contribution in [3.63, 3.8) is 0 Å². The summed E-state index contributed by atoms with van der Waals surface area (Å²) in [5.41, 5.74) is 0. The van der Waals surface area contributed by atoms with Gasteiger partial charge in [-0.25, -0.2) is 0 Å². The van der Waals surface area contributed by atoms with Crippen molar-refractivity contribution in [2.45, 2.75) is 32.3 Å². The Hall–Kier alpha value is -1.58. The van der Waals surface area contributed by atoms with Crippen LogP contribution in [0.25, 0.3) is 0 Å². The number of aromatic nitrogens is 1. The minimum absolute atomic E-state index is 0.208. The van der Waals surface area contributed by atoms with Crippen molar-refractivity contribution in [1.82, 2.24) is 9.88 Å². The van der Waals surface area contributed by atoms with Crippen LogP contribution in [0.2, 0.25) is 0 Å². The van der Waals surface area contributed by atoms with Gasteiger partial charge in [-0.2, -0.15) is 0 Å². The van der Waals surface area contributed by atoms with Crippen molar-refractivity contribution in [1.29, 1.82) is 0 Å². The minimum Gasteiger partial charge on any atom is -0.489 e. The first kappa shape index (κ1) is 11.9. The maximum Gasteiger partial charge on any atom is 0.222 e. The molecular formula is C13H18N2O2. The monoisotopic (exact) mass is 234 g/mol. The molecule has 0 N–H and O–H groups in total. The number of nitrogens with zero attached hydrogens (tertiary/aromatic N) is 2. The fourth-order valence-electron chi connectivity index (χ4n) is 2.06. The number of ether oxygens (including phenoxy) is 1. The first-order valence-corrected chi connectivity index (χ1v) is 6.14. The molecule has 2 heterocycles. The van der Waals surface area contributed by atoms with Crippen molar-refractivity contribution >= 4 is 5.91 Å². The van der Waals surface area contributed by atoms with Gasteiger partial charge >= 0.3 is 0 Å². The molecule has 17 heavy (non-hydrogen) atoms. The molecule has 4 nitrogen and oxygen atoms in total. The minimum atomic E-state index is 0.208. The van der Waals surface area contributed by atoms with Crippen LogP contribution < -0.4 is 4.74 Å². The van der Waals surface area contributed by atoms with Crippen LogP contribution in [-0.2, 0) is 4.79 Å². The largest absolute Gasteiger partial charge is 0.489 e. The zero-order chi connectivity index (χ0) is 12.1. The molecule has 0 spiro atoms. The smallest absolute Gasteiger partial charge is 0.222 e. The van der Waals surface area contributed by atoms with E-state index in [1.54, 1.807) is 12.4 Å². The first-order valence-electron chi connectivity index (χ1n) is 6.14. The topological polar surface area (TPSA) is 42.4 Å². The van der Waals surface area contributed by atoms with Crippen LogP contribution >= 0.6 is 0 Å². The summed E-state index contributed by atoms with van der Waals surface area (Å²) < 4.78 is 5.82. The second kappa shape index (κ2) is 5.66. The lowest BCUT2D eigenvalue weighted by Crippen LogP contribution is -2.41. The number of hydrogen-bond acceptors (Lipinski definition) is 3. The normalized spacial score (nSPS) is 16.9. The number of likely N-dealkylation sites (tertiary alicyclic amines) is 1. The highest BCUT2D eigenvalue weighted by Gasteiger charge is 2.22. The average Bonchev–Trinajstić information content (AvgIpc) is 2.40. The Labute approximate surface area is 102 Å². The Morgan fingerprint density at radius 2 is 2.29 bits per heavy atom. The molecule has 0 aromatic carbocycles. The summed E-state index contributed by atoms with van der Waals surface area (Å²) in [4.78, 5) is 17.4. The van der Waals surface area contributed by atoms with Gasteiger partial charge in [0.15, 0.2) is 0 Å². The van der Waals surface area contributed by atoms with Gasteiger partial charge in [0.2, 0.25) is 5.91 Å². The molecule has 1 aromatic heterocycles. The maximum absolute atomic E-state index is 11.5. The number of amides is 1. The predicted octanol–water partition coefficient (Wildman–Crippen LogP) is 1.86. The van der Waals surface area contributed by atoms with E-state index in [1.165, 1.54) is 0 Å². The second-order valence-corrected chi connectivity index (χ2v) is 4.24. The molecule has 92 valence electrons. The summed E-state index contributed by atoms with van der Waals surface area (Å²) in [5.74, 6) is 1.05. The van der Waals surface area contributed by atoms with Gasteiger partial charge < -0.3 is 9.64 Å². The lowest BCUT2D eigenvalue weighted by molar-refractivity contribution is -0.132. The molecule has 1 aromatic rings. The van der Waals surface area contributed by atoms with Crippen molar-refractivity contribution in [3.8, 4) is 5.75 Å². The van der Waals surface area contributed by atoms with Crippen molar-refractivity contribution in [2.24, 2.45) is 0 Å². The van der Waals surface area contributed by atoms with Gasteiger partial charge in [-0.3, -0.25) is 9.78 Å². The quantitative estimate of drug-likeness (QED) is 0.801. The number of carbonyl (C=O) groups excluding carboxylic acids is 1. The van der Waals surface area contributed by atoms with E-state index >= 15 is 0 Å². The molecule has 1 aliphatic heterocycles. The summed E-state index contributed by atoms with van der Waals surface area (Å²) in [7, 11) is 0. The van der Waals surface area contributed by atoms with E-state index in [0.717, 1.165) is 31.7 Å². The standard InChI is InChI=1S/C13H18N2O2/c1-2-13(16)15-8-5-11(6-9-15)17-12-4-3-7-14-10-12/h3-4,7,10-11H,2,5-6,8-9H2,1H3. The fraction of sp³-hybridized carbons (Fsp3) is 0.538. The number of carbonyl (C=O) groups is 1. The Morgan fingerprint density at radius 1 is 1.53 bits per heavy atom. The van der Waals surface area contributed by atoms with Crippen molar-refractivity contribution in [2.75, 3.05) is 13.1 Å². The SMILES string of the molecule is CCC(=O)N1CCC(Oc2cccnc2)CC1. The maximum atomic E-state index is 11.5. The van der Waals surface area contributed by atoms with E-state index in [1.807, 2.05) is 24.0 Å². The third-order valence-corrected chi connectivity index (χ3v) is 3.03. The van der Waals surface area contributed by atoms with Gasteiger partial charge in [-0.1, -0.05) is 6.92 Å². The number of pyridine rings is 1. The van der Waals surface area contributed by atoms with Gasteiger partial charge in [-0.05, 0) is 12.1 Å². The van der Waals surface area contributed by atoms with E-state index in [9.17, 15) is 4.79 Å². The molecule has 2 rings (SSSR count). The van der Waals surface area contributed by atoms with Crippen LogP contribution in [0.5, 0.6) is 5.75 Å². The van der Waals surface area contributed by atoms with Gasteiger partial charge in [-0.15, -0.1) is 0 Å². The molecule has 1 fully saturated rings. The Balaban J connectivity index is 1.82. The van der Waals surface area contributed by atoms with Crippen molar-refractivity contribution in [3.05, 3.63) is 24.5 Å². The molecular weight excluding hydrogens is 216 g/mol. The Kier molecular flexibility index (Phi) is 3.96. The van der Waals surface area contributed by atoms with Crippen LogP contribution in [0.3, 0.4) is 0 Å². The third kappa shape index (κ3) is 3.19. The zero-order valence-corrected chi connectivity index (χ0v) is 10.1. The number of hydrogen-bond donors (Lipinski definition) is 0. The summed E-state index contributed by atoms with van der Waals surface area (Å²) in [6.07, 6.45) is 6.06. The molecule has 4 heteroatoms. The molecule has 0 atom stereocenters. The highest BCUT2D eigenvalue weighted by molar-refractivity contribution is 5.75. The summed E-state index contributed by atoms with van der Waals surface area (Å²) in [5, 5.41) is 0. The molecule has 0 bridgehead atoms. The molecule has 0 radical (unpaired) electrons. The second-order valence-electron chi connectivity index (χ2n) is 4.24. The third-order valence-electron chi connectivity index (χ3n) is 3.03. The first-order chi connectivity index (χ1) is 8.29. The predicted molar refractivity (Wildman–Crippen MR) is 64.8 cm³/mol. The summed E-state index contributed by atoms with van der Waals surface area (Å²) in [6.45, 7) is 3.51. The molecule has 1 saturated heterocycles. The Bertz CT molecular complexity index is 359.